The third kappa shape index (κ3) is 6.00. The second kappa shape index (κ2) is 10.9. The van der Waals surface area contributed by atoms with E-state index in [0.29, 0.717) is 36.9 Å². The first-order chi connectivity index (χ1) is 13.1. The molecule has 1 saturated heterocycles. The third-order valence-electron chi connectivity index (χ3n) is 4.49. The van der Waals surface area contributed by atoms with Gasteiger partial charge < -0.3 is 15.5 Å². The van der Waals surface area contributed by atoms with Crippen molar-refractivity contribution in [1.82, 2.24) is 15.6 Å². The molecule has 0 amide bonds. The molecule has 28 heavy (non-hydrogen) atoms. The Morgan fingerprint density at radius 3 is 2.89 bits per heavy atom. The van der Waals surface area contributed by atoms with Crippen LogP contribution in [0, 0.1) is 11.6 Å². The summed E-state index contributed by atoms with van der Waals surface area (Å²) in [5.41, 5.74) is 0.644. The second-order valence-electron chi connectivity index (χ2n) is 6.37. The fourth-order valence-electron chi connectivity index (χ4n) is 3.12. The van der Waals surface area contributed by atoms with Crippen molar-refractivity contribution in [2.45, 2.75) is 18.9 Å². The minimum absolute atomic E-state index is 0. The first kappa shape index (κ1) is 22.8. The van der Waals surface area contributed by atoms with Crippen LogP contribution in [0.25, 0.3) is 0 Å². The standard InChI is InChI=1S/C19H22BrF2N5.HI/c1-23-19(25-9-6-13-11-14(20)4-5-16(13)21)26-15-7-10-27(12-15)18-17(22)3-2-8-24-18;/h2-5,8,11,15H,6-7,9-10,12H2,1H3,(H2,23,25,26);1H. The number of aromatic nitrogens is 1. The van der Waals surface area contributed by atoms with Crippen LogP contribution < -0.4 is 15.5 Å². The van der Waals surface area contributed by atoms with Crippen molar-refractivity contribution in [3.8, 4) is 0 Å². The Balaban J connectivity index is 0.00000280. The Morgan fingerprint density at radius 1 is 1.32 bits per heavy atom. The maximum absolute atomic E-state index is 13.9. The number of hydrogen-bond acceptors (Lipinski definition) is 3. The van der Waals surface area contributed by atoms with Crippen LogP contribution in [0.15, 0.2) is 46.0 Å². The van der Waals surface area contributed by atoms with Crippen molar-refractivity contribution in [2.75, 3.05) is 31.6 Å². The molecule has 1 aromatic heterocycles. The number of nitrogens with one attached hydrogen (secondary N) is 2. The van der Waals surface area contributed by atoms with Gasteiger partial charge in [-0.2, -0.15) is 0 Å². The van der Waals surface area contributed by atoms with Crippen molar-refractivity contribution in [3.63, 3.8) is 0 Å². The summed E-state index contributed by atoms with van der Waals surface area (Å²) >= 11 is 3.36. The predicted octanol–water partition coefficient (Wildman–Crippen LogP) is 3.73. The zero-order valence-corrected chi connectivity index (χ0v) is 19.4. The molecular weight excluding hydrogens is 543 g/mol. The van der Waals surface area contributed by atoms with Gasteiger partial charge in [0, 0.05) is 43.4 Å². The summed E-state index contributed by atoms with van der Waals surface area (Å²) in [6, 6.07) is 8.07. The van der Waals surface area contributed by atoms with Gasteiger partial charge in [-0.1, -0.05) is 15.9 Å². The zero-order chi connectivity index (χ0) is 19.2. The molecule has 0 bridgehead atoms. The fourth-order valence-corrected chi connectivity index (χ4v) is 3.53. The Morgan fingerprint density at radius 2 is 2.14 bits per heavy atom. The molecule has 9 heteroatoms. The van der Waals surface area contributed by atoms with E-state index >= 15 is 0 Å². The van der Waals surface area contributed by atoms with Gasteiger partial charge in [0.05, 0.1) is 0 Å². The molecule has 1 unspecified atom stereocenters. The summed E-state index contributed by atoms with van der Waals surface area (Å²) in [6.45, 7) is 1.93. The van der Waals surface area contributed by atoms with Gasteiger partial charge >= 0.3 is 0 Å². The Bertz CT molecular complexity index is 821. The average Bonchev–Trinajstić information content (AvgIpc) is 3.12. The summed E-state index contributed by atoms with van der Waals surface area (Å²) in [4.78, 5) is 10.3. The van der Waals surface area contributed by atoms with E-state index in [1.807, 2.05) is 4.90 Å². The van der Waals surface area contributed by atoms with Crippen LogP contribution in [0.3, 0.4) is 0 Å². The van der Waals surface area contributed by atoms with E-state index in [0.717, 1.165) is 17.4 Å². The topological polar surface area (TPSA) is 52.6 Å². The lowest BCUT2D eigenvalue weighted by Crippen LogP contribution is -2.45. The van der Waals surface area contributed by atoms with E-state index < -0.39 is 0 Å². The second-order valence-corrected chi connectivity index (χ2v) is 7.29. The summed E-state index contributed by atoms with van der Waals surface area (Å²) in [7, 11) is 1.69. The number of guanidine groups is 1. The van der Waals surface area contributed by atoms with Gasteiger partial charge in [0.2, 0.25) is 0 Å². The molecule has 2 aromatic rings. The highest BCUT2D eigenvalue weighted by Crippen LogP contribution is 2.20. The fraction of sp³-hybridized carbons (Fsp3) is 0.368. The number of nitrogens with zero attached hydrogens (tertiary/aromatic N) is 3. The molecule has 1 aromatic carbocycles. The van der Waals surface area contributed by atoms with E-state index in [4.69, 9.17) is 0 Å². The molecule has 1 atom stereocenters. The molecule has 1 aliphatic rings. The van der Waals surface area contributed by atoms with Gasteiger partial charge in [0.25, 0.3) is 0 Å². The molecule has 0 saturated carbocycles. The lowest BCUT2D eigenvalue weighted by molar-refractivity contribution is 0.603. The molecule has 1 fully saturated rings. The van der Waals surface area contributed by atoms with Gasteiger partial charge in [0.1, 0.15) is 5.82 Å². The number of hydrogen-bond donors (Lipinski definition) is 2. The number of anilines is 1. The molecule has 0 spiro atoms. The smallest absolute Gasteiger partial charge is 0.191 e. The van der Waals surface area contributed by atoms with Crippen molar-refractivity contribution in [2.24, 2.45) is 4.99 Å². The lowest BCUT2D eigenvalue weighted by atomic mass is 10.1. The minimum Gasteiger partial charge on any atom is -0.356 e. The summed E-state index contributed by atoms with van der Waals surface area (Å²) in [5.74, 6) is 0.511. The largest absolute Gasteiger partial charge is 0.356 e. The average molecular weight is 566 g/mol. The summed E-state index contributed by atoms with van der Waals surface area (Å²) < 4.78 is 28.6. The van der Waals surface area contributed by atoms with Crippen LogP contribution >= 0.6 is 39.9 Å². The van der Waals surface area contributed by atoms with E-state index in [9.17, 15) is 8.78 Å². The minimum atomic E-state index is -0.309. The van der Waals surface area contributed by atoms with E-state index in [1.165, 1.54) is 12.1 Å². The number of halogens is 4. The van der Waals surface area contributed by atoms with Gasteiger partial charge in [-0.15, -0.1) is 24.0 Å². The van der Waals surface area contributed by atoms with E-state index in [-0.39, 0.29) is 41.7 Å². The zero-order valence-electron chi connectivity index (χ0n) is 15.5. The molecule has 152 valence electrons. The highest BCUT2D eigenvalue weighted by atomic mass is 127. The molecule has 5 nitrogen and oxygen atoms in total. The molecule has 2 heterocycles. The quantitative estimate of drug-likeness (QED) is 0.330. The van der Waals surface area contributed by atoms with Gasteiger partial charge in [0.15, 0.2) is 17.6 Å². The normalized spacial score (nSPS) is 16.6. The predicted molar refractivity (Wildman–Crippen MR) is 123 cm³/mol. The molecular formula is C19H23BrF2IN5. The Kier molecular flexibility index (Phi) is 8.87. The van der Waals surface area contributed by atoms with Crippen LogP contribution in [0.2, 0.25) is 0 Å². The summed E-state index contributed by atoms with van der Waals surface area (Å²) in [6.07, 6.45) is 3.00. The summed E-state index contributed by atoms with van der Waals surface area (Å²) in [5, 5.41) is 6.55. The van der Waals surface area contributed by atoms with Crippen molar-refractivity contribution >= 4 is 51.7 Å². The first-order valence-corrected chi connectivity index (χ1v) is 9.62. The highest BCUT2D eigenvalue weighted by Gasteiger charge is 2.25. The maximum atomic E-state index is 13.9. The Labute approximate surface area is 189 Å². The molecule has 1 aliphatic heterocycles. The monoisotopic (exact) mass is 565 g/mol. The number of pyridine rings is 1. The molecule has 0 aliphatic carbocycles. The lowest BCUT2D eigenvalue weighted by Gasteiger charge is -2.20. The third-order valence-corrected chi connectivity index (χ3v) is 4.98. The first-order valence-electron chi connectivity index (χ1n) is 8.83. The van der Waals surface area contributed by atoms with Gasteiger partial charge in [-0.3, -0.25) is 4.99 Å². The number of benzene rings is 1. The maximum Gasteiger partial charge on any atom is 0.191 e. The number of rotatable bonds is 5. The van der Waals surface area contributed by atoms with Crippen molar-refractivity contribution in [1.29, 1.82) is 0 Å². The van der Waals surface area contributed by atoms with Gasteiger partial charge in [-0.05, 0) is 48.7 Å². The van der Waals surface area contributed by atoms with Crippen LogP contribution in [0.4, 0.5) is 14.6 Å². The SMILES string of the molecule is CN=C(NCCc1cc(Br)ccc1F)NC1CCN(c2ncccc2F)C1.I. The van der Waals surface area contributed by atoms with Crippen LogP contribution in [0.1, 0.15) is 12.0 Å². The molecule has 2 N–H and O–H groups in total. The molecule has 3 rings (SSSR count). The molecule has 0 radical (unpaired) electrons. The van der Waals surface area contributed by atoms with Gasteiger partial charge in [-0.25, -0.2) is 13.8 Å². The van der Waals surface area contributed by atoms with E-state index in [2.05, 4.69) is 36.5 Å². The van der Waals surface area contributed by atoms with Crippen molar-refractivity contribution < 1.29 is 8.78 Å². The van der Waals surface area contributed by atoms with Crippen LogP contribution in [-0.2, 0) is 6.42 Å². The van der Waals surface area contributed by atoms with E-state index in [1.54, 1.807) is 31.4 Å². The van der Waals surface area contributed by atoms with Crippen LogP contribution in [-0.4, -0.2) is 43.7 Å². The van der Waals surface area contributed by atoms with Crippen molar-refractivity contribution in [3.05, 3.63) is 58.2 Å². The number of aliphatic imine (C=N–C) groups is 1. The van der Waals surface area contributed by atoms with Crippen LogP contribution in [0.5, 0.6) is 0 Å². The Hall–Kier alpha value is -1.49. The highest BCUT2D eigenvalue weighted by molar-refractivity contribution is 14.0.